The van der Waals surface area contributed by atoms with E-state index in [1.54, 1.807) is 0 Å². The van der Waals surface area contributed by atoms with E-state index in [0.717, 1.165) is 31.4 Å². The van der Waals surface area contributed by atoms with Crippen molar-refractivity contribution in [3.05, 3.63) is 35.9 Å². The van der Waals surface area contributed by atoms with E-state index in [1.807, 2.05) is 30.3 Å². The van der Waals surface area contributed by atoms with Gasteiger partial charge in [-0.25, -0.2) is 0 Å². The van der Waals surface area contributed by atoms with Crippen molar-refractivity contribution in [3.63, 3.8) is 0 Å². The number of benzene rings is 1. The van der Waals surface area contributed by atoms with E-state index in [2.05, 4.69) is 0 Å². The molecule has 0 radical (unpaired) electrons. The Morgan fingerprint density at radius 1 is 1.33 bits per heavy atom. The van der Waals surface area contributed by atoms with Gasteiger partial charge in [0.1, 0.15) is 0 Å². The second kappa shape index (κ2) is 5.08. The molecule has 0 aliphatic carbocycles. The topological polar surface area (TPSA) is 26.3 Å². The maximum atomic E-state index is 11.7. The molecule has 1 aliphatic heterocycles. The van der Waals surface area contributed by atoms with Gasteiger partial charge in [0.25, 0.3) is 0 Å². The van der Waals surface area contributed by atoms with Crippen LogP contribution in [0.15, 0.2) is 30.3 Å². The zero-order valence-corrected chi connectivity index (χ0v) is 8.82. The highest BCUT2D eigenvalue weighted by Gasteiger charge is 2.16. The summed E-state index contributed by atoms with van der Waals surface area (Å²) in [4.78, 5) is 11.7. The molecule has 0 N–H and O–H groups in total. The molecule has 0 aromatic heterocycles. The predicted octanol–water partition coefficient (Wildman–Crippen LogP) is 2.83. The summed E-state index contributed by atoms with van der Waals surface area (Å²) in [7, 11) is 0. The summed E-state index contributed by atoms with van der Waals surface area (Å²) in [5.74, 6) is 0.228. The molecule has 1 aromatic carbocycles. The smallest absolute Gasteiger partial charge is 0.162 e. The molecule has 1 aromatic rings. The van der Waals surface area contributed by atoms with Gasteiger partial charge in [0.2, 0.25) is 0 Å². The van der Waals surface area contributed by atoms with Crippen molar-refractivity contribution in [2.45, 2.75) is 31.8 Å². The largest absolute Gasteiger partial charge is 0.378 e. The van der Waals surface area contributed by atoms with Gasteiger partial charge >= 0.3 is 0 Å². The van der Waals surface area contributed by atoms with Crippen LogP contribution in [-0.2, 0) is 4.74 Å². The lowest BCUT2D eigenvalue weighted by atomic mass is 10.0. The Morgan fingerprint density at radius 3 is 2.80 bits per heavy atom. The monoisotopic (exact) mass is 204 g/mol. The van der Waals surface area contributed by atoms with Crippen molar-refractivity contribution in [2.75, 3.05) is 6.61 Å². The lowest BCUT2D eigenvalue weighted by Crippen LogP contribution is -2.08. The first-order valence-electron chi connectivity index (χ1n) is 5.56. The number of ketones is 1. The molecule has 2 heteroatoms. The lowest BCUT2D eigenvalue weighted by molar-refractivity contribution is 0.0859. The molecule has 0 saturated carbocycles. The van der Waals surface area contributed by atoms with E-state index < -0.39 is 0 Å². The average Bonchev–Trinajstić information content (AvgIpc) is 2.80. The highest BCUT2D eigenvalue weighted by atomic mass is 16.5. The van der Waals surface area contributed by atoms with Crippen molar-refractivity contribution >= 4 is 5.78 Å². The van der Waals surface area contributed by atoms with Crippen LogP contribution in [0.1, 0.15) is 36.0 Å². The predicted molar refractivity (Wildman–Crippen MR) is 59.0 cm³/mol. The Bertz CT molecular complexity index is 313. The number of hydrogen-bond acceptors (Lipinski definition) is 2. The minimum Gasteiger partial charge on any atom is -0.378 e. The molecule has 0 amide bonds. The highest BCUT2D eigenvalue weighted by molar-refractivity contribution is 5.95. The summed E-state index contributed by atoms with van der Waals surface area (Å²) < 4.78 is 5.49. The first-order valence-corrected chi connectivity index (χ1v) is 5.56. The Morgan fingerprint density at radius 2 is 2.13 bits per heavy atom. The van der Waals surface area contributed by atoms with E-state index in [-0.39, 0.29) is 5.78 Å². The molecule has 0 bridgehead atoms. The number of Topliss-reactive ketones (excluding diaryl/α,β-unsaturated/α-hetero) is 1. The summed E-state index contributed by atoms with van der Waals surface area (Å²) >= 11 is 0. The molecule has 1 aliphatic rings. The van der Waals surface area contributed by atoms with Crippen molar-refractivity contribution in [1.82, 2.24) is 0 Å². The summed E-state index contributed by atoms with van der Waals surface area (Å²) in [6.45, 7) is 0.865. The normalized spacial score (nSPS) is 20.4. The van der Waals surface area contributed by atoms with Crippen LogP contribution in [0.2, 0.25) is 0 Å². The molecule has 1 heterocycles. The van der Waals surface area contributed by atoms with Crippen LogP contribution in [-0.4, -0.2) is 18.5 Å². The first-order chi connectivity index (χ1) is 7.36. The molecule has 2 nitrogen and oxygen atoms in total. The standard InChI is InChI=1S/C13H16O2/c14-13(11-5-2-1-3-6-11)9-8-12-7-4-10-15-12/h1-3,5-6,12H,4,7-10H2/t12-/m0/s1. The van der Waals surface area contributed by atoms with Gasteiger partial charge in [-0.05, 0) is 19.3 Å². The van der Waals surface area contributed by atoms with Crippen molar-refractivity contribution in [1.29, 1.82) is 0 Å². The van der Waals surface area contributed by atoms with Gasteiger partial charge in [-0.3, -0.25) is 4.79 Å². The summed E-state index contributed by atoms with van der Waals surface area (Å²) in [6, 6.07) is 9.48. The summed E-state index contributed by atoms with van der Waals surface area (Å²) in [5.41, 5.74) is 0.815. The maximum Gasteiger partial charge on any atom is 0.162 e. The van der Waals surface area contributed by atoms with Crippen molar-refractivity contribution in [3.8, 4) is 0 Å². The first kappa shape index (κ1) is 10.4. The minimum absolute atomic E-state index is 0.228. The fourth-order valence-corrected chi connectivity index (χ4v) is 1.93. The Hall–Kier alpha value is -1.15. The summed E-state index contributed by atoms with van der Waals surface area (Å²) in [6.07, 6.45) is 4.05. The van der Waals surface area contributed by atoms with E-state index in [1.165, 1.54) is 0 Å². The van der Waals surface area contributed by atoms with Crippen LogP contribution in [0, 0.1) is 0 Å². The second-order valence-electron chi connectivity index (χ2n) is 3.96. The van der Waals surface area contributed by atoms with Gasteiger partial charge in [-0.2, -0.15) is 0 Å². The van der Waals surface area contributed by atoms with E-state index >= 15 is 0 Å². The molecule has 0 spiro atoms. The molecular weight excluding hydrogens is 188 g/mol. The molecule has 1 saturated heterocycles. The minimum atomic E-state index is 0.228. The second-order valence-corrected chi connectivity index (χ2v) is 3.96. The third-order valence-electron chi connectivity index (χ3n) is 2.81. The van der Waals surface area contributed by atoms with Gasteiger partial charge in [-0.1, -0.05) is 30.3 Å². The zero-order chi connectivity index (χ0) is 10.5. The number of ether oxygens (including phenoxy) is 1. The van der Waals surface area contributed by atoms with Crippen LogP contribution in [0.5, 0.6) is 0 Å². The van der Waals surface area contributed by atoms with Crippen molar-refractivity contribution < 1.29 is 9.53 Å². The maximum absolute atomic E-state index is 11.7. The molecule has 80 valence electrons. The van der Waals surface area contributed by atoms with Gasteiger partial charge in [0.05, 0.1) is 6.10 Å². The van der Waals surface area contributed by atoms with Crippen LogP contribution in [0.4, 0.5) is 0 Å². The van der Waals surface area contributed by atoms with Crippen LogP contribution in [0.3, 0.4) is 0 Å². The lowest BCUT2D eigenvalue weighted by Gasteiger charge is -2.07. The molecule has 1 atom stereocenters. The van der Waals surface area contributed by atoms with Gasteiger partial charge in [0.15, 0.2) is 5.78 Å². The zero-order valence-electron chi connectivity index (χ0n) is 8.82. The van der Waals surface area contributed by atoms with E-state index in [4.69, 9.17) is 4.74 Å². The highest BCUT2D eigenvalue weighted by Crippen LogP contribution is 2.18. The van der Waals surface area contributed by atoms with Crippen LogP contribution >= 0.6 is 0 Å². The fourth-order valence-electron chi connectivity index (χ4n) is 1.93. The van der Waals surface area contributed by atoms with E-state index in [9.17, 15) is 4.79 Å². The van der Waals surface area contributed by atoms with E-state index in [0.29, 0.717) is 12.5 Å². The third-order valence-corrected chi connectivity index (χ3v) is 2.81. The van der Waals surface area contributed by atoms with Crippen LogP contribution < -0.4 is 0 Å². The molecule has 2 rings (SSSR count). The quantitative estimate of drug-likeness (QED) is 0.705. The summed E-state index contributed by atoms with van der Waals surface area (Å²) in [5, 5.41) is 0. The Labute approximate surface area is 90.3 Å². The average molecular weight is 204 g/mol. The third kappa shape index (κ3) is 2.90. The number of rotatable bonds is 4. The number of carbonyl (C=O) groups is 1. The SMILES string of the molecule is O=C(CC[C@@H]1CCCO1)c1ccccc1. The number of hydrogen-bond donors (Lipinski definition) is 0. The van der Waals surface area contributed by atoms with Gasteiger partial charge < -0.3 is 4.74 Å². The molecule has 0 unspecified atom stereocenters. The van der Waals surface area contributed by atoms with Gasteiger partial charge in [0, 0.05) is 18.6 Å². The van der Waals surface area contributed by atoms with Gasteiger partial charge in [-0.15, -0.1) is 0 Å². The Balaban J connectivity index is 1.82. The Kier molecular flexibility index (Phi) is 3.51. The molecular formula is C13H16O2. The van der Waals surface area contributed by atoms with Crippen molar-refractivity contribution in [2.24, 2.45) is 0 Å². The molecule has 1 fully saturated rings. The molecule has 15 heavy (non-hydrogen) atoms. The fraction of sp³-hybridized carbons (Fsp3) is 0.462. The number of carbonyl (C=O) groups excluding carboxylic acids is 1. The van der Waals surface area contributed by atoms with Crippen LogP contribution in [0.25, 0.3) is 0 Å².